The molecule has 0 aliphatic heterocycles. The van der Waals surface area contributed by atoms with Gasteiger partial charge in [-0.2, -0.15) is 13.2 Å². The van der Waals surface area contributed by atoms with Gasteiger partial charge in [0.2, 0.25) is 0 Å². The fourth-order valence-electron chi connectivity index (χ4n) is 0.859. The van der Waals surface area contributed by atoms with Gasteiger partial charge in [-0.25, -0.2) is 0 Å². The van der Waals surface area contributed by atoms with Crippen LogP contribution in [0.15, 0.2) is 36.5 Å². The van der Waals surface area contributed by atoms with Gasteiger partial charge in [-0.1, -0.05) is 30.9 Å². The van der Waals surface area contributed by atoms with Crippen LogP contribution < -0.4 is 0 Å². The first-order valence-electron chi connectivity index (χ1n) is 3.95. The maximum atomic E-state index is 12.2. The molecule has 0 heterocycles. The molecule has 0 aromatic carbocycles. The molecule has 74 valence electrons. The molecule has 0 fully saturated rings. The Bertz CT molecular complexity index is 221. The van der Waals surface area contributed by atoms with Gasteiger partial charge >= 0.3 is 6.18 Å². The van der Waals surface area contributed by atoms with Gasteiger partial charge in [-0.15, -0.1) is 0 Å². The topological polar surface area (TPSA) is 0 Å². The first-order valence-corrected chi connectivity index (χ1v) is 3.95. The van der Waals surface area contributed by atoms with Crippen LogP contribution in [-0.4, -0.2) is 6.18 Å². The van der Waals surface area contributed by atoms with Crippen molar-refractivity contribution >= 4 is 0 Å². The second-order valence-electron chi connectivity index (χ2n) is 2.65. The van der Waals surface area contributed by atoms with Crippen LogP contribution in [0.2, 0.25) is 0 Å². The first-order chi connectivity index (χ1) is 5.93. The second-order valence-corrected chi connectivity index (χ2v) is 2.65. The molecule has 0 amide bonds. The lowest BCUT2D eigenvalue weighted by atomic mass is 10.00. The molecule has 1 atom stereocenters. The number of hydrogen-bond acceptors (Lipinski definition) is 0. The van der Waals surface area contributed by atoms with Gasteiger partial charge in [0.1, 0.15) is 0 Å². The van der Waals surface area contributed by atoms with Crippen molar-refractivity contribution in [3.63, 3.8) is 0 Å². The molecule has 0 spiro atoms. The third-order valence-corrected chi connectivity index (χ3v) is 1.75. The van der Waals surface area contributed by atoms with Crippen molar-refractivity contribution in [1.29, 1.82) is 0 Å². The molecule has 13 heavy (non-hydrogen) atoms. The van der Waals surface area contributed by atoms with Gasteiger partial charge < -0.3 is 0 Å². The first kappa shape index (κ1) is 12.0. The van der Waals surface area contributed by atoms with Crippen LogP contribution in [0.25, 0.3) is 0 Å². The van der Waals surface area contributed by atoms with E-state index >= 15 is 0 Å². The fourth-order valence-corrected chi connectivity index (χ4v) is 0.859. The minimum atomic E-state index is -4.17. The Morgan fingerprint density at radius 2 is 1.92 bits per heavy atom. The van der Waals surface area contributed by atoms with Crippen LogP contribution in [0.4, 0.5) is 13.2 Å². The Labute approximate surface area is 76.5 Å². The predicted molar refractivity (Wildman–Crippen MR) is 48.3 cm³/mol. The third-order valence-electron chi connectivity index (χ3n) is 1.75. The van der Waals surface area contributed by atoms with Crippen molar-refractivity contribution in [3.8, 4) is 0 Å². The molecule has 0 aliphatic carbocycles. The summed E-state index contributed by atoms with van der Waals surface area (Å²) in [6, 6.07) is 0. The van der Waals surface area contributed by atoms with Crippen LogP contribution in [0.1, 0.15) is 13.8 Å². The number of alkyl halides is 3. The molecule has 0 aromatic rings. The van der Waals surface area contributed by atoms with Crippen LogP contribution in [0, 0.1) is 5.92 Å². The third kappa shape index (κ3) is 3.97. The minimum Gasteiger partial charge on any atom is -0.170 e. The maximum absolute atomic E-state index is 12.2. The Morgan fingerprint density at radius 1 is 1.38 bits per heavy atom. The molecule has 3 heteroatoms. The van der Waals surface area contributed by atoms with E-state index in [0.717, 1.165) is 6.92 Å². The second kappa shape index (κ2) is 4.90. The number of allylic oxidation sites excluding steroid dienone is 5. The monoisotopic (exact) mass is 190 g/mol. The van der Waals surface area contributed by atoms with E-state index in [1.165, 1.54) is 24.3 Å². The summed E-state index contributed by atoms with van der Waals surface area (Å²) in [5.41, 5.74) is 0.257. The van der Waals surface area contributed by atoms with E-state index in [1.807, 2.05) is 0 Å². The normalized spacial score (nSPS) is 16.2. The van der Waals surface area contributed by atoms with Gasteiger partial charge in [0.15, 0.2) is 0 Å². The van der Waals surface area contributed by atoms with E-state index in [0.29, 0.717) is 0 Å². The highest BCUT2D eigenvalue weighted by Crippen LogP contribution is 2.31. The van der Waals surface area contributed by atoms with Gasteiger partial charge in [-0.3, -0.25) is 0 Å². The minimum absolute atomic E-state index is 0.257. The highest BCUT2D eigenvalue weighted by Gasteiger charge is 2.37. The molecule has 0 aromatic heterocycles. The van der Waals surface area contributed by atoms with Crippen LogP contribution in [0.3, 0.4) is 0 Å². The van der Waals surface area contributed by atoms with Gasteiger partial charge in [0.05, 0.1) is 5.92 Å². The zero-order valence-corrected chi connectivity index (χ0v) is 7.73. The van der Waals surface area contributed by atoms with Crippen LogP contribution in [-0.2, 0) is 0 Å². The molecule has 0 nitrogen and oxygen atoms in total. The van der Waals surface area contributed by atoms with E-state index < -0.39 is 12.1 Å². The van der Waals surface area contributed by atoms with E-state index in [4.69, 9.17) is 0 Å². The highest BCUT2D eigenvalue weighted by atomic mass is 19.4. The summed E-state index contributed by atoms with van der Waals surface area (Å²) in [5, 5.41) is 0. The lowest BCUT2D eigenvalue weighted by molar-refractivity contribution is -0.158. The quantitative estimate of drug-likeness (QED) is 0.592. The van der Waals surface area contributed by atoms with Crippen molar-refractivity contribution in [2.75, 3.05) is 0 Å². The smallest absolute Gasteiger partial charge is 0.170 e. The van der Waals surface area contributed by atoms with Crippen LogP contribution >= 0.6 is 0 Å². The summed E-state index contributed by atoms with van der Waals surface area (Å²) in [7, 11) is 0. The molecule has 0 bridgehead atoms. The molecule has 0 N–H and O–H groups in total. The molecule has 0 saturated carbocycles. The van der Waals surface area contributed by atoms with E-state index in [-0.39, 0.29) is 5.57 Å². The fraction of sp³-hybridized carbons (Fsp3) is 0.400. The summed E-state index contributed by atoms with van der Waals surface area (Å²) in [5.74, 6) is -1.42. The van der Waals surface area contributed by atoms with E-state index in [1.54, 1.807) is 6.92 Å². The zero-order chi connectivity index (χ0) is 10.5. The standard InChI is InChI=1S/C10H13F3/c1-4-6-7-9(5-2)8(3)10(11,12)13/h4-8H,1H2,2-3H3/b7-6-,9-5+. The van der Waals surface area contributed by atoms with Crippen molar-refractivity contribution in [3.05, 3.63) is 36.5 Å². The maximum Gasteiger partial charge on any atom is 0.395 e. The Balaban J connectivity index is 4.62. The largest absolute Gasteiger partial charge is 0.395 e. The summed E-state index contributed by atoms with van der Waals surface area (Å²) in [4.78, 5) is 0. The average Bonchev–Trinajstić information content (AvgIpc) is 2.04. The highest BCUT2D eigenvalue weighted by molar-refractivity contribution is 5.24. The Kier molecular flexibility index (Phi) is 4.52. The molecule has 0 saturated heterocycles. The molecule has 0 aliphatic rings. The number of hydrogen-bond donors (Lipinski definition) is 0. The summed E-state index contributed by atoms with van der Waals surface area (Å²) in [6.07, 6.45) is 1.65. The van der Waals surface area contributed by atoms with Gasteiger partial charge in [-0.05, 0) is 19.4 Å². The number of halogens is 3. The van der Waals surface area contributed by atoms with Crippen molar-refractivity contribution in [2.45, 2.75) is 20.0 Å². The Morgan fingerprint density at radius 3 is 2.23 bits per heavy atom. The van der Waals surface area contributed by atoms with Gasteiger partial charge in [0, 0.05) is 0 Å². The molecule has 0 radical (unpaired) electrons. The molecular formula is C10H13F3. The Hall–Kier alpha value is -0.990. The van der Waals surface area contributed by atoms with Crippen molar-refractivity contribution in [1.82, 2.24) is 0 Å². The molecule has 0 rings (SSSR count). The number of rotatable bonds is 3. The lowest BCUT2D eigenvalue weighted by Gasteiger charge is -2.16. The SMILES string of the molecule is C=C/C=C\C(=C/C)C(C)C(F)(F)F. The van der Waals surface area contributed by atoms with E-state index in [9.17, 15) is 13.2 Å². The molecular weight excluding hydrogens is 177 g/mol. The van der Waals surface area contributed by atoms with Crippen molar-refractivity contribution < 1.29 is 13.2 Å². The molecule has 1 unspecified atom stereocenters. The lowest BCUT2D eigenvalue weighted by Crippen LogP contribution is -2.20. The summed E-state index contributed by atoms with van der Waals surface area (Å²) < 4.78 is 36.6. The summed E-state index contributed by atoms with van der Waals surface area (Å²) >= 11 is 0. The summed E-state index contributed by atoms with van der Waals surface area (Å²) in [6.45, 7) is 6.12. The predicted octanol–water partition coefficient (Wildman–Crippen LogP) is 3.87. The van der Waals surface area contributed by atoms with Gasteiger partial charge in [0.25, 0.3) is 0 Å². The van der Waals surface area contributed by atoms with Crippen molar-refractivity contribution in [2.24, 2.45) is 5.92 Å². The van der Waals surface area contributed by atoms with E-state index in [2.05, 4.69) is 6.58 Å². The average molecular weight is 190 g/mol. The zero-order valence-electron chi connectivity index (χ0n) is 7.73. The van der Waals surface area contributed by atoms with Crippen LogP contribution in [0.5, 0.6) is 0 Å².